The van der Waals surface area contributed by atoms with E-state index >= 15 is 0 Å². The first-order valence-corrected chi connectivity index (χ1v) is 7.19. The van der Waals surface area contributed by atoms with E-state index in [9.17, 15) is 4.39 Å². The second kappa shape index (κ2) is 5.84. The van der Waals surface area contributed by atoms with Crippen molar-refractivity contribution < 1.29 is 4.39 Å². The molecule has 0 heterocycles. The van der Waals surface area contributed by atoms with Gasteiger partial charge in [0.15, 0.2) is 0 Å². The van der Waals surface area contributed by atoms with Crippen LogP contribution in [0.1, 0.15) is 5.56 Å². The highest BCUT2D eigenvalue weighted by Crippen LogP contribution is 2.33. The van der Waals surface area contributed by atoms with Crippen LogP contribution in [0.3, 0.4) is 0 Å². The molecular weight excluding hydrogens is 285 g/mol. The lowest BCUT2D eigenvalue weighted by Gasteiger charge is -2.10. The summed E-state index contributed by atoms with van der Waals surface area (Å²) in [6.07, 6.45) is 0. The number of benzene rings is 3. The van der Waals surface area contributed by atoms with Crippen LogP contribution in [0.5, 0.6) is 0 Å². The van der Waals surface area contributed by atoms with Crippen LogP contribution in [0.2, 0.25) is 5.02 Å². The van der Waals surface area contributed by atoms with Crippen LogP contribution < -0.4 is 5.32 Å². The molecule has 3 heteroatoms. The monoisotopic (exact) mass is 299 g/mol. The third kappa shape index (κ3) is 2.65. The van der Waals surface area contributed by atoms with Crippen LogP contribution in [0, 0.1) is 5.82 Å². The molecule has 0 bridgehead atoms. The van der Waals surface area contributed by atoms with E-state index in [1.54, 1.807) is 0 Å². The summed E-state index contributed by atoms with van der Waals surface area (Å²) >= 11 is 6.25. The molecule has 3 aromatic rings. The molecule has 0 fully saturated rings. The van der Waals surface area contributed by atoms with E-state index in [0.29, 0.717) is 12.1 Å². The van der Waals surface area contributed by atoms with Gasteiger partial charge in [-0.15, -0.1) is 0 Å². The number of nitrogens with one attached hydrogen (secondary N) is 1. The van der Waals surface area contributed by atoms with Gasteiger partial charge in [-0.3, -0.25) is 0 Å². The second-order valence-electron chi connectivity index (χ2n) is 4.98. The molecule has 0 radical (unpaired) electrons. The van der Waals surface area contributed by atoms with Gasteiger partial charge in [0.1, 0.15) is 5.82 Å². The molecular formula is C18H15ClFN. The van der Waals surface area contributed by atoms with Crippen molar-refractivity contribution in [3.8, 4) is 11.1 Å². The maximum Gasteiger partial charge on any atom is 0.127 e. The van der Waals surface area contributed by atoms with Gasteiger partial charge < -0.3 is 5.32 Å². The zero-order valence-corrected chi connectivity index (χ0v) is 12.4. The fourth-order valence-corrected chi connectivity index (χ4v) is 2.81. The Balaban J connectivity index is 2.21. The lowest BCUT2D eigenvalue weighted by atomic mass is 9.97. The van der Waals surface area contributed by atoms with Crippen LogP contribution in [-0.2, 0) is 6.54 Å². The summed E-state index contributed by atoms with van der Waals surface area (Å²) in [6.45, 7) is 0.505. The molecule has 0 unspecified atom stereocenters. The Morgan fingerprint density at radius 2 is 1.76 bits per heavy atom. The summed E-state index contributed by atoms with van der Waals surface area (Å²) < 4.78 is 13.8. The molecule has 0 spiro atoms. The van der Waals surface area contributed by atoms with Crippen molar-refractivity contribution in [1.29, 1.82) is 0 Å². The molecule has 0 aliphatic heterocycles. The molecule has 1 nitrogen and oxygen atoms in total. The third-order valence-corrected chi connectivity index (χ3v) is 3.92. The van der Waals surface area contributed by atoms with Crippen LogP contribution in [0.15, 0.2) is 54.6 Å². The smallest absolute Gasteiger partial charge is 0.127 e. The molecule has 3 aromatic carbocycles. The molecule has 0 saturated carbocycles. The average molecular weight is 300 g/mol. The highest BCUT2D eigenvalue weighted by molar-refractivity contribution is 6.36. The van der Waals surface area contributed by atoms with E-state index in [2.05, 4.69) is 5.32 Å². The molecule has 0 aliphatic rings. The summed E-state index contributed by atoms with van der Waals surface area (Å²) in [4.78, 5) is 0. The van der Waals surface area contributed by atoms with Crippen molar-refractivity contribution in [2.24, 2.45) is 0 Å². The molecule has 1 N–H and O–H groups in total. The number of hydrogen-bond acceptors (Lipinski definition) is 1. The van der Waals surface area contributed by atoms with Crippen molar-refractivity contribution >= 4 is 22.4 Å². The minimum Gasteiger partial charge on any atom is -0.316 e. The minimum absolute atomic E-state index is 0.189. The van der Waals surface area contributed by atoms with E-state index in [0.717, 1.165) is 26.9 Å². The van der Waals surface area contributed by atoms with Gasteiger partial charge in [0.05, 0.1) is 0 Å². The number of halogens is 2. The molecule has 0 aliphatic carbocycles. The van der Waals surface area contributed by atoms with Crippen molar-refractivity contribution in [3.05, 3.63) is 71.0 Å². The fourth-order valence-electron chi connectivity index (χ4n) is 2.58. The van der Waals surface area contributed by atoms with E-state index in [1.165, 1.54) is 6.07 Å². The summed E-state index contributed by atoms with van der Waals surface area (Å²) in [6, 6.07) is 17.1. The van der Waals surface area contributed by atoms with Gasteiger partial charge in [0.2, 0.25) is 0 Å². The highest BCUT2D eigenvalue weighted by Gasteiger charge is 2.09. The maximum absolute atomic E-state index is 13.8. The predicted molar refractivity (Wildman–Crippen MR) is 87.1 cm³/mol. The zero-order valence-electron chi connectivity index (χ0n) is 11.7. The molecule has 21 heavy (non-hydrogen) atoms. The molecule has 0 aromatic heterocycles. The minimum atomic E-state index is -0.189. The molecule has 3 rings (SSSR count). The van der Waals surface area contributed by atoms with Crippen LogP contribution in [0.25, 0.3) is 21.9 Å². The van der Waals surface area contributed by atoms with Crippen molar-refractivity contribution in [1.82, 2.24) is 5.32 Å². The van der Waals surface area contributed by atoms with Gasteiger partial charge in [-0.05, 0) is 41.8 Å². The van der Waals surface area contributed by atoms with Gasteiger partial charge in [0.25, 0.3) is 0 Å². The van der Waals surface area contributed by atoms with Crippen molar-refractivity contribution in [3.63, 3.8) is 0 Å². The van der Waals surface area contributed by atoms with Gasteiger partial charge in [-0.25, -0.2) is 4.39 Å². The Kier molecular flexibility index (Phi) is 3.91. The van der Waals surface area contributed by atoms with Crippen molar-refractivity contribution in [2.75, 3.05) is 7.05 Å². The number of fused-ring (bicyclic) bond motifs is 1. The van der Waals surface area contributed by atoms with Gasteiger partial charge in [-0.1, -0.05) is 48.0 Å². The SMILES string of the molecule is CNCc1cc(-c2ccc(Cl)c3ccccc23)ccc1F. The highest BCUT2D eigenvalue weighted by atomic mass is 35.5. The number of rotatable bonds is 3. The summed E-state index contributed by atoms with van der Waals surface area (Å²) in [7, 11) is 1.81. The van der Waals surface area contributed by atoms with E-state index in [-0.39, 0.29) is 5.82 Å². The van der Waals surface area contributed by atoms with E-state index in [1.807, 2.05) is 55.6 Å². The van der Waals surface area contributed by atoms with Crippen LogP contribution >= 0.6 is 11.6 Å². The molecule has 0 amide bonds. The third-order valence-electron chi connectivity index (χ3n) is 3.59. The molecule has 0 saturated heterocycles. The standard InChI is InChI=1S/C18H15ClFN/c1-21-11-13-10-12(6-9-18(13)20)14-7-8-17(19)16-5-3-2-4-15(14)16/h2-10,21H,11H2,1H3. The Morgan fingerprint density at radius 3 is 2.52 bits per heavy atom. The van der Waals surface area contributed by atoms with Crippen LogP contribution in [0.4, 0.5) is 4.39 Å². The normalized spacial score (nSPS) is 11.0. The molecule has 0 atom stereocenters. The van der Waals surface area contributed by atoms with E-state index < -0.39 is 0 Å². The lowest BCUT2D eigenvalue weighted by molar-refractivity contribution is 0.601. The average Bonchev–Trinajstić information content (AvgIpc) is 2.51. The van der Waals surface area contributed by atoms with Gasteiger partial charge in [0, 0.05) is 22.5 Å². The summed E-state index contributed by atoms with van der Waals surface area (Å²) in [5, 5.41) is 5.80. The Hall–Kier alpha value is -1.90. The first-order valence-electron chi connectivity index (χ1n) is 6.81. The predicted octanol–water partition coefficient (Wildman–Crippen LogP) is 5.02. The zero-order chi connectivity index (χ0) is 14.8. The first kappa shape index (κ1) is 14.1. The van der Waals surface area contributed by atoms with Gasteiger partial charge in [-0.2, -0.15) is 0 Å². The Morgan fingerprint density at radius 1 is 1.00 bits per heavy atom. The largest absolute Gasteiger partial charge is 0.316 e. The maximum atomic E-state index is 13.8. The summed E-state index contributed by atoms with van der Waals surface area (Å²) in [5.41, 5.74) is 2.72. The fraction of sp³-hybridized carbons (Fsp3) is 0.111. The van der Waals surface area contributed by atoms with Gasteiger partial charge >= 0.3 is 0 Å². The van der Waals surface area contributed by atoms with E-state index in [4.69, 9.17) is 11.6 Å². The van der Waals surface area contributed by atoms with Crippen molar-refractivity contribution in [2.45, 2.75) is 6.54 Å². The first-order chi connectivity index (χ1) is 10.2. The molecule has 106 valence electrons. The Bertz CT molecular complexity index is 798. The summed E-state index contributed by atoms with van der Waals surface area (Å²) in [5.74, 6) is -0.189. The number of hydrogen-bond donors (Lipinski definition) is 1. The lowest BCUT2D eigenvalue weighted by Crippen LogP contribution is -2.07. The topological polar surface area (TPSA) is 12.0 Å². The Labute approximate surface area is 128 Å². The second-order valence-corrected chi connectivity index (χ2v) is 5.38. The quantitative estimate of drug-likeness (QED) is 0.716. The van der Waals surface area contributed by atoms with Crippen LogP contribution in [-0.4, -0.2) is 7.05 Å².